The van der Waals surface area contributed by atoms with Crippen molar-refractivity contribution in [1.29, 1.82) is 0 Å². The maximum atomic E-state index is 11.1. The molecule has 0 saturated heterocycles. The summed E-state index contributed by atoms with van der Waals surface area (Å²) in [6.45, 7) is 5.17. The van der Waals surface area contributed by atoms with Crippen molar-refractivity contribution in [2.45, 2.75) is 50.8 Å². The van der Waals surface area contributed by atoms with Crippen LogP contribution in [0.2, 0.25) is 0 Å². The van der Waals surface area contributed by atoms with E-state index in [9.17, 15) is 4.21 Å². The van der Waals surface area contributed by atoms with Gasteiger partial charge in [0, 0.05) is 34.9 Å². The van der Waals surface area contributed by atoms with Crippen molar-refractivity contribution in [2.24, 2.45) is 5.92 Å². The zero-order valence-electron chi connectivity index (χ0n) is 9.58. The van der Waals surface area contributed by atoms with Gasteiger partial charge in [0.2, 0.25) is 0 Å². The molecule has 1 aliphatic rings. The first-order chi connectivity index (χ1) is 6.59. The van der Waals surface area contributed by atoms with Crippen LogP contribution in [0.15, 0.2) is 0 Å². The largest absolute Gasteiger partial charge is 0.313 e. The zero-order chi connectivity index (χ0) is 10.6. The van der Waals surface area contributed by atoms with Gasteiger partial charge in [0.15, 0.2) is 0 Å². The lowest BCUT2D eigenvalue weighted by Gasteiger charge is -2.29. The van der Waals surface area contributed by atoms with Crippen LogP contribution in [-0.4, -0.2) is 28.3 Å². The first-order valence-electron chi connectivity index (χ1n) is 5.65. The van der Waals surface area contributed by atoms with E-state index < -0.39 is 10.8 Å². The molecular weight excluding hydrogens is 194 g/mol. The third-order valence-electron chi connectivity index (χ3n) is 3.23. The average Bonchev–Trinajstić information content (AvgIpc) is 2.07. The summed E-state index contributed by atoms with van der Waals surface area (Å²) in [4.78, 5) is 0. The minimum atomic E-state index is -0.690. The van der Waals surface area contributed by atoms with E-state index in [1.165, 1.54) is 25.7 Å². The molecule has 84 valence electrons. The Morgan fingerprint density at radius 2 is 2.07 bits per heavy atom. The molecule has 0 heterocycles. The summed E-state index contributed by atoms with van der Waals surface area (Å²) in [5, 5.41) is 3.75. The van der Waals surface area contributed by atoms with Crippen molar-refractivity contribution < 1.29 is 4.21 Å². The van der Waals surface area contributed by atoms with Gasteiger partial charge in [-0.2, -0.15) is 0 Å². The molecule has 2 nitrogen and oxygen atoms in total. The van der Waals surface area contributed by atoms with Gasteiger partial charge in [0.25, 0.3) is 0 Å². The third-order valence-corrected chi connectivity index (χ3v) is 4.53. The molecule has 3 atom stereocenters. The normalized spacial score (nSPS) is 23.9. The number of nitrogens with one attached hydrogen (secondary N) is 1. The average molecular weight is 217 g/mol. The van der Waals surface area contributed by atoms with E-state index in [4.69, 9.17) is 0 Å². The summed E-state index contributed by atoms with van der Waals surface area (Å²) in [7, 11) is -0.690. The fourth-order valence-corrected chi connectivity index (χ4v) is 2.13. The van der Waals surface area contributed by atoms with E-state index in [1.54, 1.807) is 6.26 Å². The molecule has 0 aromatic heterocycles. The molecule has 0 radical (unpaired) electrons. The minimum absolute atomic E-state index is 0.277. The first-order valence-corrected chi connectivity index (χ1v) is 7.27. The van der Waals surface area contributed by atoms with E-state index in [-0.39, 0.29) is 5.25 Å². The van der Waals surface area contributed by atoms with Crippen molar-refractivity contribution in [3.8, 4) is 0 Å². The zero-order valence-corrected chi connectivity index (χ0v) is 10.4. The van der Waals surface area contributed by atoms with Crippen LogP contribution in [0.25, 0.3) is 0 Å². The molecule has 1 saturated carbocycles. The predicted octanol–water partition coefficient (Wildman–Crippen LogP) is 1.92. The molecule has 0 aromatic rings. The maximum absolute atomic E-state index is 11.1. The van der Waals surface area contributed by atoms with Crippen molar-refractivity contribution >= 4 is 10.8 Å². The van der Waals surface area contributed by atoms with E-state index in [2.05, 4.69) is 12.2 Å². The smallest absolute Gasteiger partial charge is 0.0441 e. The van der Waals surface area contributed by atoms with E-state index in [0.29, 0.717) is 6.04 Å². The van der Waals surface area contributed by atoms with Crippen LogP contribution in [0, 0.1) is 5.92 Å². The standard InChI is InChI=1S/C11H23NOS/c1-9(7-11-5-4-6-11)12-8-10(2)14(3)13/h9-12H,4-8H2,1-3H3. The first kappa shape index (κ1) is 12.2. The predicted molar refractivity (Wildman–Crippen MR) is 63.0 cm³/mol. The number of hydrogen-bond acceptors (Lipinski definition) is 2. The second-order valence-electron chi connectivity index (χ2n) is 4.65. The van der Waals surface area contributed by atoms with E-state index in [0.717, 1.165) is 12.5 Å². The Bertz CT molecular complexity index is 192. The van der Waals surface area contributed by atoms with Gasteiger partial charge in [-0.05, 0) is 26.2 Å². The van der Waals surface area contributed by atoms with Gasteiger partial charge in [-0.15, -0.1) is 0 Å². The highest BCUT2D eigenvalue weighted by Crippen LogP contribution is 2.30. The summed E-state index contributed by atoms with van der Waals surface area (Å²) < 4.78 is 11.1. The van der Waals surface area contributed by atoms with Crippen LogP contribution in [0.3, 0.4) is 0 Å². The minimum Gasteiger partial charge on any atom is -0.313 e. The van der Waals surface area contributed by atoms with Gasteiger partial charge in [0.05, 0.1) is 0 Å². The Kier molecular flexibility index (Phi) is 5.10. The Balaban J connectivity index is 2.07. The Labute approximate surface area is 90.3 Å². The van der Waals surface area contributed by atoms with Crippen LogP contribution in [0.4, 0.5) is 0 Å². The Hall–Kier alpha value is 0.110. The lowest BCUT2D eigenvalue weighted by molar-refractivity contribution is 0.266. The molecule has 1 fully saturated rings. The second-order valence-corrected chi connectivity index (χ2v) is 6.45. The summed E-state index contributed by atoms with van der Waals surface area (Å²) in [6, 6.07) is 0.589. The monoisotopic (exact) mass is 217 g/mol. The molecule has 14 heavy (non-hydrogen) atoms. The third kappa shape index (κ3) is 4.09. The molecule has 0 amide bonds. The molecule has 0 aromatic carbocycles. The summed E-state index contributed by atoms with van der Waals surface area (Å²) in [5.41, 5.74) is 0. The van der Waals surface area contributed by atoms with Crippen molar-refractivity contribution in [2.75, 3.05) is 12.8 Å². The Morgan fingerprint density at radius 1 is 1.43 bits per heavy atom. The SMILES string of the molecule is CC(CC1CCC1)NCC(C)S(C)=O. The van der Waals surface area contributed by atoms with Gasteiger partial charge in [0.1, 0.15) is 0 Å². The van der Waals surface area contributed by atoms with Crippen LogP contribution in [0.1, 0.15) is 39.5 Å². The van der Waals surface area contributed by atoms with Gasteiger partial charge in [-0.25, -0.2) is 0 Å². The quantitative estimate of drug-likeness (QED) is 0.736. The van der Waals surface area contributed by atoms with Gasteiger partial charge in [-0.3, -0.25) is 4.21 Å². The molecule has 0 aliphatic heterocycles. The highest BCUT2D eigenvalue weighted by Gasteiger charge is 2.20. The Morgan fingerprint density at radius 3 is 2.50 bits per heavy atom. The van der Waals surface area contributed by atoms with Gasteiger partial charge < -0.3 is 5.32 Å². The van der Waals surface area contributed by atoms with E-state index >= 15 is 0 Å². The summed E-state index contributed by atoms with van der Waals surface area (Å²) in [5.74, 6) is 0.958. The summed E-state index contributed by atoms with van der Waals surface area (Å²) >= 11 is 0. The molecule has 1 rings (SSSR count). The van der Waals surface area contributed by atoms with Gasteiger partial charge >= 0.3 is 0 Å². The fourth-order valence-electron chi connectivity index (χ4n) is 1.80. The van der Waals surface area contributed by atoms with Crippen LogP contribution >= 0.6 is 0 Å². The topological polar surface area (TPSA) is 29.1 Å². The molecule has 1 N–H and O–H groups in total. The van der Waals surface area contributed by atoms with E-state index in [1.807, 2.05) is 6.92 Å². The van der Waals surface area contributed by atoms with Crippen LogP contribution in [-0.2, 0) is 10.8 Å². The van der Waals surface area contributed by atoms with Crippen molar-refractivity contribution in [1.82, 2.24) is 5.32 Å². The molecule has 1 aliphatic carbocycles. The number of rotatable bonds is 6. The molecule has 3 unspecified atom stereocenters. The fraction of sp³-hybridized carbons (Fsp3) is 1.00. The summed E-state index contributed by atoms with van der Waals surface area (Å²) in [6.07, 6.45) is 7.33. The second kappa shape index (κ2) is 5.86. The lowest BCUT2D eigenvalue weighted by atomic mass is 9.81. The van der Waals surface area contributed by atoms with Crippen molar-refractivity contribution in [3.63, 3.8) is 0 Å². The molecule has 3 heteroatoms. The van der Waals surface area contributed by atoms with Crippen LogP contribution in [0.5, 0.6) is 0 Å². The van der Waals surface area contributed by atoms with Crippen molar-refractivity contribution in [3.05, 3.63) is 0 Å². The molecule has 0 spiro atoms. The highest BCUT2D eigenvalue weighted by molar-refractivity contribution is 7.84. The molecule has 0 bridgehead atoms. The molecular formula is C11H23NOS. The number of hydrogen-bond donors (Lipinski definition) is 1. The maximum Gasteiger partial charge on any atom is 0.0441 e. The van der Waals surface area contributed by atoms with Crippen LogP contribution < -0.4 is 5.32 Å². The lowest BCUT2D eigenvalue weighted by Crippen LogP contribution is -2.36. The van der Waals surface area contributed by atoms with Gasteiger partial charge in [-0.1, -0.05) is 19.3 Å². The highest BCUT2D eigenvalue weighted by atomic mass is 32.2.